The molecule has 0 aliphatic heterocycles. The third kappa shape index (κ3) is 2.81. The van der Waals surface area contributed by atoms with Crippen LogP contribution in [0.2, 0.25) is 0 Å². The lowest BCUT2D eigenvalue weighted by Gasteiger charge is -2.68. The van der Waals surface area contributed by atoms with Crippen LogP contribution in [0, 0.1) is 44.3 Å². The van der Waals surface area contributed by atoms with Gasteiger partial charge in [-0.15, -0.1) is 0 Å². The van der Waals surface area contributed by atoms with Crippen LogP contribution in [0.1, 0.15) is 106 Å². The number of fused-ring (bicyclic) bond motifs is 7. The molecule has 0 bridgehead atoms. The summed E-state index contributed by atoms with van der Waals surface area (Å²) >= 11 is 0. The molecule has 0 aromatic heterocycles. The number of hydrogen-bond donors (Lipinski definition) is 2. The van der Waals surface area contributed by atoms with Gasteiger partial charge in [0.1, 0.15) is 0 Å². The lowest BCUT2D eigenvalue weighted by molar-refractivity contribution is -0.164. The highest BCUT2D eigenvalue weighted by atomic mass is 16.4. The Bertz CT molecular complexity index is 940. The fraction of sp³-hybridized carbons (Fsp3) is 0.833. The van der Waals surface area contributed by atoms with Gasteiger partial charge in [0, 0.05) is 0 Å². The number of rotatable bonds is 1. The van der Waals surface area contributed by atoms with E-state index in [1.165, 1.54) is 5.57 Å². The van der Waals surface area contributed by atoms with Crippen LogP contribution in [0.4, 0.5) is 0 Å². The van der Waals surface area contributed by atoms with Gasteiger partial charge in [-0.05, 0) is 96.7 Å². The zero-order valence-electron chi connectivity index (χ0n) is 22.1. The maximum atomic E-state index is 12.7. The summed E-state index contributed by atoms with van der Waals surface area (Å²) in [6, 6.07) is 0. The molecule has 33 heavy (non-hydrogen) atoms. The van der Waals surface area contributed by atoms with Crippen molar-refractivity contribution >= 4 is 5.97 Å². The Balaban J connectivity index is 1.65. The molecule has 7 atom stereocenters. The van der Waals surface area contributed by atoms with E-state index in [1.54, 1.807) is 5.57 Å². The highest BCUT2D eigenvalue weighted by molar-refractivity contribution is 5.77. The first-order valence-electron chi connectivity index (χ1n) is 13.5. The van der Waals surface area contributed by atoms with E-state index in [0.717, 1.165) is 57.8 Å². The Morgan fingerprint density at radius 3 is 2.18 bits per heavy atom. The van der Waals surface area contributed by atoms with Gasteiger partial charge in [0.25, 0.3) is 0 Å². The van der Waals surface area contributed by atoms with Crippen molar-refractivity contribution < 1.29 is 15.0 Å². The Kier molecular flexibility index (Phi) is 4.85. The number of carboxylic acids is 1. The van der Waals surface area contributed by atoms with Crippen LogP contribution in [0.15, 0.2) is 23.3 Å². The molecule has 0 heterocycles. The zero-order valence-corrected chi connectivity index (χ0v) is 22.1. The van der Waals surface area contributed by atoms with Gasteiger partial charge in [0.05, 0.1) is 11.5 Å². The monoisotopic (exact) mass is 454 g/mol. The Morgan fingerprint density at radius 1 is 0.848 bits per heavy atom. The van der Waals surface area contributed by atoms with Crippen molar-refractivity contribution in [3.8, 4) is 0 Å². The van der Waals surface area contributed by atoms with Gasteiger partial charge in [-0.2, -0.15) is 0 Å². The molecule has 0 radical (unpaired) electrons. The minimum Gasteiger partial charge on any atom is -0.481 e. The lowest BCUT2D eigenvalue weighted by Crippen LogP contribution is -2.61. The van der Waals surface area contributed by atoms with Gasteiger partial charge in [-0.25, -0.2) is 0 Å². The molecule has 3 nitrogen and oxygen atoms in total. The van der Waals surface area contributed by atoms with Crippen molar-refractivity contribution in [2.45, 2.75) is 112 Å². The fourth-order valence-electron chi connectivity index (χ4n) is 9.92. The lowest BCUT2D eigenvalue weighted by atomic mass is 9.36. The van der Waals surface area contributed by atoms with Gasteiger partial charge >= 0.3 is 5.97 Å². The van der Waals surface area contributed by atoms with Crippen LogP contribution in [-0.2, 0) is 4.79 Å². The summed E-state index contributed by atoms with van der Waals surface area (Å²) in [5.74, 6) is 0.0637. The van der Waals surface area contributed by atoms with Gasteiger partial charge in [0.15, 0.2) is 0 Å². The fourth-order valence-corrected chi connectivity index (χ4v) is 9.92. The summed E-state index contributed by atoms with van der Waals surface area (Å²) in [7, 11) is 0. The Labute approximate surface area is 201 Å². The molecule has 5 aliphatic carbocycles. The highest BCUT2D eigenvalue weighted by Gasteiger charge is 2.67. The van der Waals surface area contributed by atoms with Crippen LogP contribution in [0.5, 0.6) is 0 Å². The molecule has 0 aromatic rings. The van der Waals surface area contributed by atoms with Crippen LogP contribution in [-0.4, -0.2) is 22.3 Å². The van der Waals surface area contributed by atoms with Crippen molar-refractivity contribution in [1.82, 2.24) is 0 Å². The SMILES string of the molecule is CC1(C)CC[C@]2(C(=O)O)CC[C@]3(C)C(=CC=C4[C@@]5(C)CC[C@H](O)C(C)(C)C5CC[C@]43C)[C@H]2C1. The molecule has 184 valence electrons. The average molecular weight is 455 g/mol. The number of allylic oxidation sites excluding steroid dienone is 4. The quantitative estimate of drug-likeness (QED) is 0.442. The molecule has 5 rings (SSSR count). The Hall–Kier alpha value is -1.09. The third-order valence-electron chi connectivity index (χ3n) is 12.4. The van der Waals surface area contributed by atoms with Crippen LogP contribution in [0.25, 0.3) is 0 Å². The van der Waals surface area contributed by atoms with Crippen LogP contribution in [0.3, 0.4) is 0 Å². The zero-order chi connectivity index (χ0) is 24.2. The number of hydrogen-bond acceptors (Lipinski definition) is 2. The summed E-state index contributed by atoms with van der Waals surface area (Å²) in [4.78, 5) is 12.7. The number of carboxylic acid groups (broad SMARTS) is 1. The van der Waals surface area contributed by atoms with Crippen LogP contribution < -0.4 is 0 Å². The first-order valence-corrected chi connectivity index (χ1v) is 13.5. The molecule has 3 heteroatoms. The summed E-state index contributed by atoms with van der Waals surface area (Å²) in [5, 5.41) is 21.3. The standard InChI is InChI=1S/C30H46O3/c1-25(2)14-16-30(24(32)33)17-15-28(6)19(20(30)18-25)8-9-22-27(5)12-11-23(31)26(3,4)21(27)10-13-29(22,28)7/h8-9,20-21,23,31H,10-18H2,1-7H3,(H,32,33)/t20-,21?,23+,27+,28-,29-,30+/m1/s1. The minimum atomic E-state index is -0.583. The second-order valence-corrected chi connectivity index (χ2v) is 14.6. The van der Waals surface area contributed by atoms with Crippen molar-refractivity contribution in [2.24, 2.45) is 44.3 Å². The Morgan fingerprint density at radius 2 is 1.52 bits per heavy atom. The van der Waals surface area contributed by atoms with E-state index in [0.29, 0.717) is 5.92 Å². The van der Waals surface area contributed by atoms with Crippen molar-refractivity contribution in [3.05, 3.63) is 23.3 Å². The smallest absolute Gasteiger partial charge is 0.310 e. The molecule has 0 saturated heterocycles. The molecule has 4 fully saturated rings. The van der Waals surface area contributed by atoms with Gasteiger partial charge < -0.3 is 10.2 Å². The van der Waals surface area contributed by atoms with Gasteiger partial charge in [-0.1, -0.05) is 71.8 Å². The third-order valence-corrected chi connectivity index (χ3v) is 12.4. The minimum absolute atomic E-state index is 0.0162. The summed E-state index contributed by atoms with van der Waals surface area (Å²) < 4.78 is 0. The summed E-state index contributed by atoms with van der Waals surface area (Å²) in [5.41, 5.74) is 2.76. The topological polar surface area (TPSA) is 57.5 Å². The molecule has 0 spiro atoms. The maximum Gasteiger partial charge on any atom is 0.310 e. The number of aliphatic hydroxyl groups is 1. The number of carbonyl (C=O) groups is 1. The summed E-state index contributed by atoms with van der Waals surface area (Å²) in [6.45, 7) is 16.7. The van der Waals surface area contributed by atoms with Crippen molar-refractivity contribution in [3.63, 3.8) is 0 Å². The average Bonchev–Trinajstić information content (AvgIpc) is 2.71. The maximum absolute atomic E-state index is 12.7. The largest absolute Gasteiger partial charge is 0.481 e. The molecule has 4 saturated carbocycles. The second kappa shape index (κ2) is 6.77. The first-order chi connectivity index (χ1) is 15.1. The number of aliphatic hydroxyl groups excluding tert-OH is 1. The van der Waals surface area contributed by atoms with E-state index in [-0.39, 0.29) is 39.1 Å². The summed E-state index contributed by atoms with van der Waals surface area (Å²) in [6.07, 6.45) is 13.4. The van der Waals surface area contributed by atoms with Crippen LogP contribution >= 0.6 is 0 Å². The van der Waals surface area contributed by atoms with E-state index in [4.69, 9.17) is 0 Å². The molecule has 0 amide bonds. The van der Waals surface area contributed by atoms with E-state index in [1.807, 2.05) is 0 Å². The predicted octanol–water partition coefficient (Wildman–Crippen LogP) is 7.15. The predicted molar refractivity (Wildman–Crippen MR) is 133 cm³/mol. The van der Waals surface area contributed by atoms with E-state index in [9.17, 15) is 15.0 Å². The normalized spacial score (nSPS) is 50.0. The van der Waals surface area contributed by atoms with Crippen molar-refractivity contribution in [2.75, 3.05) is 0 Å². The van der Waals surface area contributed by atoms with E-state index < -0.39 is 11.4 Å². The molecule has 0 aromatic carbocycles. The number of aliphatic carboxylic acids is 1. The van der Waals surface area contributed by atoms with Gasteiger partial charge in [-0.3, -0.25) is 4.79 Å². The molecular weight excluding hydrogens is 408 g/mol. The highest BCUT2D eigenvalue weighted by Crippen LogP contribution is 2.74. The second-order valence-electron chi connectivity index (χ2n) is 14.6. The van der Waals surface area contributed by atoms with Gasteiger partial charge in [0.2, 0.25) is 0 Å². The first kappa shape index (κ1) is 23.6. The molecule has 5 aliphatic rings. The van der Waals surface area contributed by atoms with E-state index >= 15 is 0 Å². The molecule has 2 N–H and O–H groups in total. The molecular formula is C30H46O3. The molecule has 1 unspecified atom stereocenters. The van der Waals surface area contributed by atoms with Crippen molar-refractivity contribution in [1.29, 1.82) is 0 Å². The van der Waals surface area contributed by atoms with E-state index in [2.05, 4.69) is 60.6 Å².